The lowest BCUT2D eigenvalue weighted by molar-refractivity contribution is -0.109. The first-order valence-electron chi connectivity index (χ1n) is 5.50. The van der Waals surface area contributed by atoms with E-state index in [1.54, 1.807) is 18.3 Å². The van der Waals surface area contributed by atoms with Gasteiger partial charge in [-0.05, 0) is 12.3 Å². The van der Waals surface area contributed by atoms with Crippen molar-refractivity contribution in [3.05, 3.63) is 24.0 Å². The molecule has 1 aliphatic rings. The van der Waals surface area contributed by atoms with Crippen molar-refractivity contribution in [3.63, 3.8) is 0 Å². The highest BCUT2D eigenvalue weighted by Crippen LogP contribution is 2.43. The van der Waals surface area contributed by atoms with Crippen LogP contribution in [-0.4, -0.2) is 20.5 Å². The summed E-state index contributed by atoms with van der Waals surface area (Å²) in [6, 6.07) is 3.45. The molecule has 4 nitrogen and oxygen atoms in total. The van der Waals surface area contributed by atoms with Crippen LogP contribution in [0.2, 0.25) is 0 Å². The Balaban J connectivity index is 1.82. The number of rotatable bonds is 2. The summed E-state index contributed by atoms with van der Waals surface area (Å²) in [6.07, 6.45) is 2.08. The molecule has 0 aromatic carbocycles. The number of nitrogens with two attached hydrogens (primary N) is 1. The van der Waals surface area contributed by atoms with Gasteiger partial charge in [-0.1, -0.05) is 0 Å². The van der Waals surface area contributed by atoms with Gasteiger partial charge in [0.25, 0.3) is 0 Å². The molecule has 1 saturated carbocycles. The van der Waals surface area contributed by atoms with Gasteiger partial charge in [-0.3, -0.25) is 0 Å². The van der Waals surface area contributed by atoms with Crippen molar-refractivity contribution in [1.82, 2.24) is 14.6 Å². The van der Waals surface area contributed by atoms with E-state index >= 15 is 0 Å². The van der Waals surface area contributed by atoms with E-state index in [0.717, 1.165) is 5.69 Å². The molecule has 2 heterocycles. The molecule has 0 atom stereocenters. The first-order chi connectivity index (χ1) is 8.03. The lowest BCUT2D eigenvalue weighted by atomic mass is 9.78. The Hall–Kier alpha value is -1.72. The second-order valence-corrected chi connectivity index (χ2v) is 4.61. The van der Waals surface area contributed by atoms with E-state index in [1.165, 1.54) is 4.52 Å². The summed E-state index contributed by atoms with van der Waals surface area (Å²) < 4.78 is 27.0. The van der Waals surface area contributed by atoms with Gasteiger partial charge < -0.3 is 5.73 Å². The monoisotopic (exact) mass is 238 g/mol. The average Bonchev–Trinajstić information content (AvgIpc) is 2.63. The summed E-state index contributed by atoms with van der Waals surface area (Å²) in [5, 5.41) is 4.00. The molecule has 6 heteroatoms. The van der Waals surface area contributed by atoms with Crippen LogP contribution in [-0.2, 0) is 6.42 Å². The Morgan fingerprint density at radius 3 is 2.94 bits per heavy atom. The second kappa shape index (κ2) is 3.38. The SMILES string of the molecule is Nc1cc(CC2CC(F)(F)C2)nc2ccnn12. The number of anilines is 1. The van der Waals surface area contributed by atoms with Crippen LogP contribution < -0.4 is 5.73 Å². The van der Waals surface area contributed by atoms with Crippen molar-refractivity contribution in [2.45, 2.75) is 25.2 Å². The summed E-state index contributed by atoms with van der Waals surface area (Å²) >= 11 is 0. The van der Waals surface area contributed by atoms with Gasteiger partial charge in [0.15, 0.2) is 5.65 Å². The first-order valence-corrected chi connectivity index (χ1v) is 5.50. The van der Waals surface area contributed by atoms with Crippen molar-refractivity contribution < 1.29 is 8.78 Å². The van der Waals surface area contributed by atoms with Gasteiger partial charge in [0.05, 0.1) is 6.20 Å². The Morgan fingerprint density at radius 1 is 1.47 bits per heavy atom. The van der Waals surface area contributed by atoms with Crippen molar-refractivity contribution in [2.75, 3.05) is 5.73 Å². The summed E-state index contributed by atoms with van der Waals surface area (Å²) in [5.41, 5.74) is 7.22. The fourth-order valence-corrected chi connectivity index (χ4v) is 2.32. The number of nitrogens with zero attached hydrogens (tertiary/aromatic N) is 3. The molecule has 0 spiro atoms. The molecule has 0 amide bonds. The van der Waals surface area contributed by atoms with Crippen LogP contribution >= 0.6 is 0 Å². The van der Waals surface area contributed by atoms with Crippen LogP contribution in [0, 0.1) is 5.92 Å². The number of alkyl halides is 2. The summed E-state index contributed by atoms with van der Waals surface area (Å²) in [7, 11) is 0. The van der Waals surface area contributed by atoms with Crippen molar-refractivity contribution in [2.24, 2.45) is 5.92 Å². The molecule has 0 unspecified atom stereocenters. The van der Waals surface area contributed by atoms with Gasteiger partial charge >= 0.3 is 0 Å². The minimum absolute atomic E-state index is 0.0160. The van der Waals surface area contributed by atoms with Crippen LogP contribution in [0.25, 0.3) is 5.65 Å². The first kappa shape index (κ1) is 10.4. The normalized spacial score (nSPS) is 19.4. The van der Waals surface area contributed by atoms with Crippen molar-refractivity contribution >= 4 is 11.5 Å². The van der Waals surface area contributed by atoms with E-state index in [9.17, 15) is 8.78 Å². The van der Waals surface area contributed by atoms with E-state index in [0.29, 0.717) is 17.9 Å². The number of halogens is 2. The molecule has 0 radical (unpaired) electrons. The molecular formula is C11H12F2N4. The molecule has 1 fully saturated rings. The van der Waals surface area contributed by atoms with Crippen LogP contribution in [0.3, 0.4) is 0 Å². The maximum Gasteiger partial charge on any atom is 0.248 e. The lowest BCUT2D eigenvalue weighted by Crippen LogP contribution is -2.36. The van der Waals surface area contributed by atoms with Crippen LogP contribution in [0.1, 0.15) is 18.5 Å². The molecule has 2 aromatic heterocycles. The molecular weight excluding hydrogens is 226 g/mol. The summed E-state index contributed by atoms with van der Waals surface area (Å²) in [5.74, 6) is -1.97. The average molecular weight is 238 g/mol. The molecule has 1 aliphatic carbocycles. The third-order valence-corrected chi connectivity index (χ3v) is 3.11. The molecule has 2 N–H and O–H groups in total. The number of fused-ring (bicyclic) bond motifs is 1. The number of nitrogen functional groups attached to an aromatic ring is 1. The predicted molar refractivity (Wildman–Crippen MR) is 58.8 cm³/mol. The van der Waals surface area contributed by atoms with Gasteiger partial charge in [-0.15, -0.1) is 0 Å². The molecule has 0 bridgehead atoms. The third-order valence-electron chi connectivity index (χ3n) is 3.11. The number of hydrogen-bond donors (Lipinski definition) is 1. The highest BCUT2D eigenvalue weighted by molar-refractivity contribution is 5.46. The van der Waals surface area contributed by atoms with Crippen molar-refractivity contribution in [1.29, 1.82) is 0 Å². The highest BCUT2D eigenvalue weighted by Gasteiger charge is 2.45. The van der Waals surface area contributed by atoms with Crippen LogP contribution in [0.15, 0.2) is 18.3 Å². The quantitative estimate of drug-likeness (QED) is 0.869. The Morgan fingerprint density at radius 2 is 2.24 bits per heavy atom. The van der Waals surface area contributed by atoms with E-state index in [2.05, 4.69) is 10.1 Å². The fourth-order valence-electron chi connectivity index (χ4n) is 2.32. The predicted octanol–water partition coefficient (Wildman–Crippen LogP) is 1.90. The summed E-state index contributed by atoms with van der Waals surface area (Å²) in [4.78, 5) is 4.34. The van der Waals surface area contributed by atoms with E-state index in [4.69, 9.17) is 5.73 Å². The van der Waals surface area contributed by atoms with Crippen LogP contribution in [0.4, 0.5) is 14.6 Å². The maximum absolute atomic E-state index is 12.7. The Labute approximate surface area is 96.4 Å². The zero-order valence-electron chi connectivity index (χ0n) is 9.11. The zero-order chi connectivity index (χ0) is 12.0. The number of hydrogen-bond acceptors (Lipinski definition) is 3. The van der Waals surface area contributed by atoms with Crippen LogP contribution in [0.5, 0.6) is 0 Å². The van der Waals surface area contributed by atoms with Gasteiger partial charge in [-0.25, -0.2) is 13.8 Å². The smallest absolute Gasteiger partial charge is 0.248 e. The number of aromatic nitrogens is 3. The van der Waals surface area contributed by atoms with E-state index < -0.39 is 5.92 Å². The van der Waals surface area contributed by atoms with Gasteiger partial charge in [0.2, 0.25) is 5.92 Å². The molecule has 2 aromatic rings. The molecule has 17 heavy (non-hydrogen) atoms. The summed E-state index contributed by atoms with van der Waals surface area (Å²) in [6.45, 7) is 0. The standard InChI is InChI=1S/C11H12F2N4/c12-11(13)5-7(6-11)3-8-4-9(14)17-10(16-8)1-2-15-17/h1-2,4,7H,3,5-6,14H2. The molecule has 0 saturated heterocycles. The Kier molecular flexibility index (Phi) is 2.08. The van der Waals surface area contributed by atoms with Gasteiger partial charge in [0, 0.05) is 30.7 Å². The molecule has 3 rings (SSSR count). The third kappa shape index (κ3) is 1.83. The highest BCUT2D eigenvalue weighted by atomic mass is 19.3. The lowest BCUT2D eigenvalue weighted by Gasteiger charge is -2.34. The van der Waals surface area contributed by atoms with Crippen molar-refractivity contribution in [3.8, 4) is 0 Å². The fraction of sp³-hybridized carbons (Fsp3) is 0.455. The molecule has 90 valence electrons. The second-order valence-electron chi connectivity index (χ2n) is 4.61. The van der Waals surface area contributed by atoms with E-state index in [1.807, 2.05) is 0 Å². The largest absolute Gasteiger partial charge is 0.384 e. The van der Waals surface area contributed by atoms with Gasteiger partial charge in [0.1, 0.15) is 5.82 Å². The molecule has 0 aliphatic heterocycles. The van der Waals surface area contributed by atoms with Gasteiger partial charge in [-0.2, -0.15) is 9.61 Å². The zero-order valence-corrected chi connectivity index (χ0v) is 9.11. The minimum atomic E-state index is -2.48. The van der Waals surface area contributed by atoms with E-state index in [-0.39, 0.29) is 18.8 Å². The Bertz CT molecular complexity index is 556. The maximum atomic E-state index is 12.7. The minimum Gasteiger partial charge on any atom is -0.384 e. The topological polar surface area (TPSA) is 56.2 Å².